The van der Waals surface area contributed by atoms with Crippen LogP contribution in [0.15, 0.2) is 24.8 Å². The maximum Gasteiger partial charge on any atom is 0.222 e. The molecule has 7 nitrogen and oxygen atoms in total. The van der Waals surface area contributed by atoms with E-state index >= 15 is 0 Å². The van der Waals surface area contributed by atoms with Gasteiger partial charge in [0.15, 0.2) is 0 Å². The summed E-state index contributed by atoms with van der Waals surface area (Å²) in [6, 6.07) is 0.213. The molecule has 2 aromatic heterocycles. The van der Waals surface area contributed by atoms with Crippen LogP contribution in [0.3, 0.4) is 0 Å². The lowest BCUT2D eigenvalue weighted by atomic mass is 10.2. The second-order valence-corrected chi connectivity index (χ2v) is 6.75. The fraction of sp³-hybridized carbons (Fsp3) is 0.588. The van der Waals surface area contributed by atoms with Crippen molar-refractivity contribution < 1.29 is 4.79 Å². The normalized spacial score (nSPS) is 17.7. The molecule has 1 N–H and O–H groups in total. The zero-order chi connectivity index (χ0) is 17.1. The van der Waals surface area contributed by atoms with Crippen molar-refractivity contribution >= 4 is 11.6 Å². The van der Waals surface area contributed by atoms with Crippen molar-refractivity contribution in [1.29, 1.82) is 0 Å². The third kappa shape index (κ3) is 3.77. The van der Waals surface area contributed by atoms with E-state index in [9.17, 15) is 4.79 Å². The molecule has 1 saturated heterocycles. The minimum Gasteiger partial charge on any atom is -0.367 e. The van der Waals surface area contributed by atoms with Crippen molar-refractivity contribution in [3.05, 3.63) is 30.6 Å². The number of nitrogens with one attached hydrogen (secondary N) is 1. The van der Waals surface area contributed by atoms with Crippen molar-refractivity contribution in [1.82, 2.24) is 24.6 Å². The molecule has 1 aliphatic rings. The number of imidazole rings is 1. The van der Waals surface area contributed by atoms with Crippen LogP contribution in [-0.4, -0.2) is 44.4 Å². The van der Waals surface area contributed by atoms with Gasteiger partial charge in [-0.25, -0.2) is 4.98 Å². The van der Waals surface area contributed by atoms with Crippen LogP contribution in [0.1, 0.15) is 38.4 Å². The molecule has 0 aromatic carbocycles. The molecule has 3 heterocycles. The molecule has 1 amide bonds. The smallest absolute Gasteiger partial charge is 0.222 e. The number of rotatable bonds is 6. The van der Waals surface area contributed by atoms with Crippen LogP contribution in [0.4, 0.5) is 5.69 Å². The van der Waals surface area contributed by atoms with Gasteiger partial charge < -0.3 is 14.8 Å². The largest absolute Gasteiger partial charge is 0.367 e. The second kappa shape index (κ2) is 7.07. The van der Waals surface area contributed by atoms with Gasteiger partial charge in [0.2, 0.25) is 5.91 Å². The number of hydrogen-bond acceptors (Lipinski definition) is 4. The molecule has 0 radical (unpaired) electrons. The Labute approximate surface area is 142 Å². The highest BCUT2D eigenvalue weighted by Gasteiger charge is 2.24. The number of carbonyl (C=O) groups is 1. The molecule has 7 heteroatoms. The van der Waals surface area contributed by atoms with Gasteiger partial charge in [-0.05, 0) is 6.42 Å². The quantitative estimate of drug-likeness (QED) is 0.872. The molecular weight excluding hydrogens is 304 g/mol. The average Bonchev–Trinajstić information content (AvgIpc) is 3.24. The van der Waals surface area contributed by atoms with Crippen LogP contribution in [0.5, 0.6) is 0 Å². The number of nitrogens with zero attached hydrogens (tertiary/aromatic N) is 5. The summed E-state index contributed by atoms with van der Waals surface area (Å²) in [5.41, 5.74) is 1.12. The summed E-state index contributed by atoms with van der Waals surface area (Å²) in [5.74, 6) is 1.51. The average molecular weight is 330 g/mol. The van der Waals surface area contributed by atoms with Crippen molar-refractivity contribution in [2.45, 2.75) is 45.2 Å². The highest BCUT2D eigenvalue weighted by molar-refractivity contribution is 5.76. The first-order valence-corrected chi connectivity index (χ1v) is 8.57. The zero-order valence-electron chi connectivity index (χ0n) is 14.6. The SMILES string of the molecule is CC(C)c1nccn1CCC(=O)N[C@H]1CCN(c2cnn(C)c2)C1. The van der Waals surface area contributed by atoms with Crippen LogP contribution < -0.4 is 10.2 Å². The first kappa shape index (κ1) is 16.5. The Morgan fingerprint density at radius 2 is 2.29 bits per heavy atom. The lowest BCUT2D eigenvalue weighted by Crippen LogP contribution is -2.37. The standard InChI is InChI=1S/C17H26N6O/c1-13(2)17-18-6-9-22(17)8-5-16(24)20-14-4-7-23(11-14)15-10-19-21(3)12-15/h6,9-10,12-14H,4-5,7-8,11H2,1-3H3,(H,20,24)/t14-/m0/s1. The molecule has 1 aliphatic heterocycles. The summed E-state index contributed by atoms with van der Waals surface area (Å²) < 4.78 is 3.87. The van der Waals surface area contributed by atoms with E-state index in [0.29, 0.717) is 18.9 Å². The number of aryl methyl sites for hydroxylation is 2. The van der Waals surface area contributed by atoms with Gasteiger partial charge in [0.05, 0.1) is 11.9 Å². The van der Waals surface area contributed by atoms with E-state index in [1.807, 2.05) is 25.6 Å². The van der Waals surface area contributed by atoms with Crippen molar-refractivity contribution in [3.8, 4) is 0 Å². The molecule has 130 valence electrons. The summed E-state index contributed by atoms with van der Waals surface area (Å²) in [6.07, 6.45) is 9.09. The monoisotopic (exact) mass is 330 g/mol. The molecule has 3 rings (SSSR count). The Balaban J connectivity index is 1.46. The molecule has 0 spiro atoms. The molecule has 0 bridgehead atoms. The summed E-state index contributed by atoms with van der Waals surface area (Å²) in [5, 5.41) is 7.36. The Kier molecular flexibility index (Phi) is 4.87. The number of hydrogen-bond donors (Lipinski definition) is 1. The van der Waals surface area contributed by atoms with Gasteiger partial charge in [-0.1, -0.05) is 13.8 Å². The van der Waals surface area contributed by atoms with Crippen LogP contribution in [-0.2, 0) is 18.4 Å². The molecule has 1 fully saturated rings. The van der Waals surface area contributed by atoms with Gasteiger partial charge >= 0.3 is 0 Å². The van der Waals surface area contributed by atoms with E-state index in [1.54, 1.807) is 10.9 Å². The molecular formula is C17H26N6O. The zero-order valence-corrected chi connectivity index (χ0v) is 14.6. The number of carbonyl (C=O) groups excluding carboxylic acids is 1. The maximum atomic E-state index is 12.2. The van der Waals surface area contributed by atoms with Crippen LogP contribution >= 0.6 is 0 Å². The van der Waals surface area contributed by atoms with Crippen molar-refractivity contribution in [3.63, 3.8) is 0 Å². The summed E-state index contributed by atoms with van der Waals surface area (Å²) in [6.45, 7) is 6.71. The minimum absolute atomic E-state index is 0.108. The predicted octanol–water partition coefficient (Wildman–Crippen LogP) is 1.53. The number of amides is 1. The van der Waals surface area contributed by atoms with Gasteiger partial charge in [0, 0.05) is 63.7 Å². The topological polar surface area (TPSA) is 68.0 Å². The Bertz CT molecular complexity index is 689. The third-order valence-corrected chi connectivity index (χ3v) is 4.45. The van der Waals surface area contributed by atoms with E-state index < -0.39 is 0 Å². The molecule has 24 heavy (non-hydrogen) atoms. The van der Waals surface area contributed by atoms with E-state index in [2.05, 4.69) is 38.7 Å². The van der Waals surface area contributed by atoms with Gasteiger partial charge in [0.1, 0.15) is 5.82 Å². The second-order valence-electron chi connectivity index (χ2n) is 6.75. The third-order valence-electron chi connectivity index (χ3n) is 4.45. The van der Waals surface area contributed by atoms with Crippen molar-refractivity contribution in [2.75, 3.05) is 18.0 Å². The fourth-order valence-electron chi connectivity index (χ4n) is 3.22. The van der Waals surface area contributed by atoms with Gasteiger partial charge in [-0.2, -0.15) is 5.10 Å². The Morgan fingerprint density at radius 3 is 3.00 bits per heavy atom. The lowest BCUT2D eigenvalue weighted by molar-refractivity contribution is -0.121. The highest BCUT2D eigenvalue weighted by atomic mass is 16.1. The van der Waals surface area contributed by atoms with E-state index in [-0.39, 0.29) is 11.9 Å². The van der Waals surface area contributed by atoms with E-state index in [4.69, 9.17) is 0 Å². The van der Waals surface area contributed by atoms with Gasteiger partial charge in [-0.15, -0.1) is 0 Å². The van der Waals surface area contributed by atoms with E-state index in [0.717, 1.165) is 31.0 Å². The molecule has 0 aliphatic carbocycles. The summed E-state index contributed by atoms with van der Waals surface area (Å²) in [4.78, 5) is 18.9. The molecule has 1 atom stereocenters. The highest BCUT2D eigenvalue weighted by Crippen LogP contribution is 2.19. The molecule has 2 aromatic rings. The first-order chi connectivity index (χ1) is 11.5. The van der Waals surface area contributed by atoms with Crippen LogP contribution in [0.2, 0.25) is 0 Å². The fourth-order valence-corrected chi connectivity index (χ4v) is 3.22. The van der Waals surface area contributed by atoms with Gasteiger partial charge in [0.25, 0.3) is 0 Å². The Morgan fingerprint density at radius 1 is 1.46 bits per heavy atom. The maximum absolute atomic E-state index is 12.2. The molecule has 0 saturated carbocycles. The number of aromatic nitrogens is 4. The summed E-state index contributed by atoms with van der Waals surface area (Å²) >= 11 is 0. The molecule has 0 unspecified atom stereocenters. The van der Waals surface area contributed by atoms with Crippen molar-refractivity contribution in [2.24, 2.45) is 7.05 Å². The number of anilines is 1. The van der Waals surface area contributed by atoms with Gasteiger partial charge in [-0.3, -0.25) is 9.48 Å². The predicted molar refractivity (Wildman–Crippen MR) is 92.9 cm³/mol. The van der Waals surface area contributed by atoms with Crippen LogP contribution in [0, 0.1) is 0 Å². The summed E-state index contributed by atoms with van der Waals surface area (Å²) in [7, 11) is 1.92. The van der Waals surface area contributed by atoms with Crippen LogP contribution in [0.25, 0.3) is 0 Å². The first-order valence-electron chi connectivity index (χ1n) is 8.57. The minimum atomic E-state index is 0.108. The lowest BCUT2D eigenvalue weighted by Gasteiger charge is -2.17. The Hall–Kier alpha value is -2.31. The van der Waals surface area contributed by atoms with E-state index in [1.165, 1.54) is 0 Å².